The highest BCUT2D eigenvalue weighted by molar-refractivity contribution is 5.66. The Morgan fingerprint density at radius 2 is 1.75 bits per heavy atom. The van der Waals surface area contributed by atoms with E-state index in [0.29, 0.717) is 5.56 Å². The van der Waals surface area contributed by atoms with Crippen molar-refractivity contribution in [2.75, 3.05) is 0 Å². The standard InChI is InChI=1S/C14H10FN/c1-10-5-7-11(8-6-10)13-4-2-3-12(9-16)14(13)15/h2-8H,1H3. The number of hydrogen-bond acceptors (Lipinski definition) is 1. The Morgan fingerprint density at radius 3 is 2.38 bits per heavy atom. The van der Waals surface area contributed by atoms with Gasteiger partial charge in [-0.05, 0) is 18.6 Å². The summed E-state index contributed by atoms with van der Waals surface area (Å²) in [4.78, 5) is 0. The number of nitrogens with zero attached hydrogens (tertiary/aromatic N) is 1. The molecular weight excluding hydrogens is 201 g/mol. The molecule has 2 heteroatoms. The Balaban J connectivity index is 2.57. The van der Waals surface area contributed by atoms with Crippen LogP contribution in [-0.2, 0) is 0 Å². The molecule has 0 aliphatic rings. The van der Waals surface area contributed by atoms with Crippen LogP contribution in [0.5, 0.6) is 0 Å². The summed E-state index contributed by atoms with van der Waals surface area (Å²) in [5.74, 6) is -0.450. The van der Waals surface area contributed by atoms with E-state index >= 15 is 0 Å². The van der Waals surface area contributed by atoms with Gasteiger partial charge in [-0.1, -0.05) is 42.0 Å². The van der Waals surface area contributed by atoms with Gasteiger partial charge >= 0.3 is 0 Å². The second-order valence-corrected chi connectivity index (χ2v) is 3.64. The minimum absolute atomic E-state index is 0.0816. The molecule has 2 aromatic carbocycles. The molecule has 0 aliphatic heterocycles. The van der Waals surface area contributed by atoms with Crippen molar-refractivity contribution in [3.8, 4) is 17.2 Å². The van der Waals surface area contributed by atoms with Crippen molar-refractivity contribution in [3.05, 3.63) is 59.4 Å². The normalized spacial score (nSPS) is 9.81. The molecule has 2 aromatic rings. The smallest absolute Gasteiger partial charge is 0.148 e. The molecule has 1 nitrogen and oxygen atoms in total. The molecule has 0 bridgehead atoms. The summed E-state index contributed by atoms with van der Waals surface area (Å²) in [5, 5.41) is 8.74. The maximum Gasteiger partial charge on any atom is 0.148 e. The lowest BCUT2D eigenvalue weighted by molar-refractivity contribution is 0.627. The number of hydrogen-bond donors (Lipinski definition) is 0. The molecule has 0 unspecified atom stereocenters. The Hall–Kier alpha value is -2.14. The van der Waals surface area contributed by atoms with Gasteiger partial charge < -0.3 is 0 Å². The van der Waals surface area contributed by atoms with E-state index in [4.69, 9.17) is 5.26 Å². The zero-order valence-electron chi connectivity index (χ0n) is 8.87. The summed E-state index contributed by atoms with van der Waals surface area (Å²) >= 11 is 0. The fourth-order valence-corrected chi connectivity index (χ4v) is 1.57. The van der Waals surface area contributed by atoms with Crippen molar-refractivity contribution in [2.24, 2.45) is 0 Å². The third-order valence-corrected chi connectivity index (χ3v) is 2.48. The third kappa shape index (κ3) is 1.80. The molecule has 0 radical (unpaired) electrons. The van der Waals surface area contributed by atoms with Gasteiger partial charge in [0.05, 0.1) is 5.56 Å². The van der Waals surface area contributed by atoms with Crippen LogP contribution in [0, 0.1) is 24.1 Å². The highest BCUT2D eigenvalue weighted by Gasteiger charge is 2.08. The first-order valence-corrected chi connectivity index (χ1v) is 4.98. The minimum atomic E-state index is -0.450. The molecule has 0 N–H and O–H groups in total. The van der Waals surface area contributed by atoms with E-state index in [1.165, 1.54) is 6.07 Å². The van der Waals surface area contributed by atoms with Crippen LogP contribution in [0.4, 0.5) is 4.39 Å². The van der Waals surface area contributed by atoms with Crippen LogP contribution >= 0.6 is 0 Å². The van der Waals surface area contributed by atoms with Crippen LogP contribution in [0.1, 0.15) is 11.1 Å². The predicted octanol–water partition coefficient (Wildman–Crippen LogP) is 3.67. The first-order chi connectivity index (χ1) is 7.72. The monoisotopic (exact) mass is 211 g/mol. The van der Waals surface area contributed by atoms with Crippen LogP contribution < -0.4 is 0 Å². The lowest BCUT2D eigenvalue weighted by Gasteiger charge is -2.04. The van der Waals surface area contributed by atoms with E-state index < -0.39 is 5.82 Å². The maximum atomic E-state index is 13.8. The third-order valence-electron chi connectivity index (χ3n) is 2.48. The van der Waals surface area contributed by atoms with E-state index in [-0.39, 0.29) is 5.56 Å². The summed E-state index contributed by atoms with van der Waals surface area (Å²) in [6.07, 6.45) is 0. The highest BCUT2D eigenvalue weighted by atomic mass is 19.1. The second-order valence-electron chi connectivity index (χ2n) is 3.64. The predicted molar refractivity (Wildman–Crippen MR) is 61.3 cm³/mol. The summed E-state index contributed by atoms with van der Waals surface area (Å²) in [5.41, 5.74) is 2.47. The fraction of sp³-hybridized carbons (Fsp3) is 0.0714. The molecule has 0 aromatic heterocycles. The summed E-state index contributed by atoms with van der Waals surface area (Å²) in [6, 6.07) is 14.3. The van der Waals surface area contributed by atoms with Gasteiger partial charge in [0.1, 0.15) is 11.9 Å². The largest absolute Gasteiger partial charge is 0.205 e. The Bertz CT molecular complexity index is 550. The van der Waals surface area contributed by atoms with E-state index in [1.807, 2.05) is 37.3 Å². The molecule has 0 atom stereocenters. The molecule has 0 saturated carbocycles. The molecular formula is C14H10FN. The van der Waals surface area contributed by atoms with Crippen LogP contribution in [-0.4, -0.2) is 0 Å². The van der Waals surface area contributed by atoms with Crippen molar-refractivity contribution in [2.45, 2.75) is 6.92 Å². The zero-order valence-corrected chi connectivity index (χ0v) is 8.87. The average molecular weight is 211 g/mol. The molecule has 0 amide bonds. The van der Waals surface area contributed by atoms with Gasteiger partial charge in [0.15, 0.2) is 0 Å². The van der Waals surface area contributed by atoms with Gasteiger partial charge in [0.25, 0.3) is 0 Å². The number of halogens is 1. The molecule has 0 spiro atoms. The second kappa shape index (κ2) is 4.16. The lowest BCUT2D eigenvalue weighted by atomic mass is 10.0. The molecule has 0 heterocycles. The van der Waals surface area contributed by atoms with Crippen LogP contribution in [0.25, 0.3) is 11.1 Å². The van der Waals surface area contributed by atoms with Crippen LogP contribution in [0.2, 0.25) is 0 Å². The molecule has 0 fully saturated rings. The van der Waals surface area contributed by atoms with Gasteiger partial charge in [0.2, 0.25) is 0 Å². The Morgan fingerprint density at radius 1 is 1.06 bits per heavy atom. The molecule has 16 heavy (non-hydrogen) atoms. The minimum Gasteiger partial charge on any atom is -0.205 e. The first-order valence-electron chi connectivity index (χ1n) is 4.98. The quantitative estimate of drug-likeness (QED) is 0.706. The lowest BCUT2D eigenvalue weighted by Crippen LogP contribution is -1.88. The van der Waals surface area contributed by atoms with Gasteiger partial charge in [-0.2, -0.15) is 5.26 Å². The van der Waals surface area contributed by atoms with Crippen molar-refractivity contribution in [3.63, 3.8) is 0 Å². The molecule has 78 valence electrons. The number of aryl methyl sites for hydroxylation is 1. The van der Waals surface area contributed by atoms with Gasteiger partial charge in [-0.3, -0.25) is 0 Å². The summed E-state index contributed by atoms with van der Waals surface area (Å²) < 4.78 is 13.8. The van der Waals surface area contributed by atoms with Crippen LogP contribution in [0.3, 0.4) is 0 Å². The van der Waals surface area contributed by atoms with Crippen molar-refractivity contribution < 1.29 is 4.39 Å². The highest BCUT2D eigenvalue weighted by Crippen LogP contribution is 2.24. The number of rotatable bonds is 1. The van der Waals surface area contributed by atoms with E-state index in [2.05, 4.69) is 0 Å². The van der Waals surface area contributed by atoms with E-state index in [9.17, 15) is 4.39 Å². The van der Waals surface area contributed by atoms with Gasteiger partial charge in [0, 0.05) is 5.56 Å². The number of benzene rings is 2. The molecule has 2 rings (SSSR count). The number of nitriles is 1. The van der Waals surface area contributed by atoms with Crippen molar-refractivity contribution >= 4 is 0 Å². The maximum absolute atomic E-state index is 13.8. The topological polar surface area (TPSA) is 23.8 Å². The van der Waals surface area contributed by atoms with E-state index in [1.54, 1.807) is 12.1 Å². The SMILES string of the molecule is Cc1ccc(-c2cccc(C#N)c2F)cc1. The molecule has 0 saturated heterocycles. The average Bonchev–Trinajstić information content (AvgIpc) is 2.31. The Kier molecular flexibility index (Phi) is 2.70. The zero-order chi connectivity index (χ0) is 11.5. The van der Waals surface area contributed by atoms with Gasteiger partial charge in [-0.15, -0.1) is 0 Å². The van der Waals surface area contributed by atoms with Crippen molar-refractivity contribution in [1.82, 2.24) is 0 Å². The van der Waals surface area contributed by atoms with Crippen LogP contribution in [0.15, 0.2) is 42.5 Å². The van der Waals surface area contributed by atoms with Crippen molar-refractivity contribution in [1.29, 1.82) is 5.26 Å². The van der Waals surface area contributed by atoms with Gasteiger partial charge in [-0.25, -0.2) is 4.39 Å². The Labute approximate surface area is 93.8 Å². The summed E-state index contributed by atoms with van der Waals surface area (Å²) in [6.45, 7) is 1.98. The first kappa shape index (κ1) is 10.4. The fourth-order valence-electron chi connectivity index (χ4n) is 1.57. The molecule has 0 aliphatic carbocycles. The summed E-state index contributed by atoms with van der Waals surface area (Å²) in [7, 11) is 0. The van der Waals surface area contributed by atoms with E-state index in [0.717, 1.165) is 11.1 Å².